The molecule has 88 valence electrons. The van der Waals surface area contributed by atoms with Crippen LogP contribution in [0.15, 0.2) is 0 Å². The molecule has 0 radical (unpaired) electrons. The van der Waals surface area contributed by atoms with Gasteiger partial charge in [0, 0.05) is 13.2 Å². The van der Waals surface area contributed by atoms with Crippen LogP contribution >= 0.6 is 0 Å². The predicted octanol–water partition coefficient (Wildman–Crippen LogP) is 2.72. The van der Waals surface area contributed by atoms with E-state index < -0.39 is 0 Å². The lowest BCUT2D eigenvalue weighted by Crippen LogP contribution is -2.45. The minimum atomic E-state index is 0.539. The molecular weight excluding hydrogens is 186 g/mol. The molecule has 0 atom stereocenters. The van der Waals surface area contributed by atoms with Crippen molar-refractivity contribution in [3.8, 4) is 0 Å². The van der Waals surface area contributed by atoms with Gasteiger partial charge in [0.05, 0.1) is 6.10 Å². The topological polar surface area (TPSA) is 21.3 Å². The van der Waals surface area contributed by atoms with E-state index in [0.717, 1.165) is 12.0 Å². The summed E-state index contributed by atoms with van der Waals surface area (Å²) in [6, 6.07) is 0.749. The molecule has 0 aromatic heterocycles. The van der Waals surface area contributed by atoms with E-state index in [1.165, 1.54) is 57.9 Å². The highest BCUT2D eigenvalue weighted by Crippen LogP contribution is 2.26. The lowest BCUT2D eigenvalue weighted by Gasteiger charge is -2.35. The maximum Gasteiger partial charge on any atom is 0.0601 e. The molecule has 0 saturated heterocycles. The smallest absolute Gasteiger partial charge is 0.0601 e. The lowest BCUT2D eigenvalue weighted by molar-refractivity contribution is 0.0171. The van der Waals surface area contributed by atoms with Crippen molar-refractivity contribution in [2.45, 2.75) is 63.5 Å². The fourth-order valence-electron chi connectivity index (χ4n) is 2.89. The van der Waals surface area contributed by atoms with Crippen LogP contribution in [-0.4, -0.2) is 25.8 Å². The lowest BCUT2D eigenvalue weighted by atomic mass is 9.86. The van der Waals surface area contributed by atoms with E-state index in [2.05, 4.69) is 5.32 Å². The maximum atomic E-state index is 5.27. The fourth-order valence-corrected chi connectivity index (χ4v) is 2.89. The Morgan fingerprint density at radius 2 is 1.87 bits per heavy atom. The van der Waals surface area contributed by atoms with E-state index >= 15 is 0 Å². The van der Waals surface area contributed by atoms with Crippen molar-refractivity contribution in [3.63, 3.8) is 0 Å². The van der Waals surface area contributed by atoms with Gasteiger partial charge < -0.3 is 10.1 Å². The molecule has 2 aliphatic carbocycles. The van der Waals surface area contributed by atoms with Gasteiger partial charge in [-0.1, -0.05) is 32.1 Å². The van der Waals surface area contributed by atoms with E-state index in [1.807, 2.05) is 7.11 Å². The monoisotopic (exact) mass is 211 g/mol. The van der Waals surface area contributed by atoms with E-state index in [9.17, 15) is 0 Å². The molecule has 0 heterocycles. The Hall–Kier alpha value is -0.0800. The predicted molar refractivity (Wildman–Crippen MR) is 63.0 cm³/mol. The number of hydrogen-bond donors (Lipinski definition) is 1. The minimum Gasteiger partial charge on any atom is -0.381 e. The summed E-state index contributed by atoms with van der Waals surface area (Å²) in [6.07, 6.45) is 11.8. The molecule has 2 nitrogen and oxygen atoms in total. The third-order valence-corrected chi connectivity index (χ3v) is 4.14. The number of nitrogens with one attached hydrogen (secondary N) is 1. The summed E-state index contributed by atoms with van der Waals surface area (Å²) >= 11 is 0. The molecule has 2 saturated carbocycles. The summed E-state index contributed by atoms with van der Waals surface area (Å²) in [7, 11) is 1.82. The second-order valence-electron chi connectivity index (χ2n) is 5.27. The number of rotatable bonds is 5. The highest BCUT2D eigenvalue weighted by Gasteiger charge is 2.28. The molecule has 0 bridgehead atoms. The van der Waals surface area contributed by atoms with Crippen LogP contribution in [0.5, 0.6) is 0 Å². The fraction of sp³-hybridized carbons (Fsp3) is 1.00. The van der Waals surface area contributed by atoms with E-state index in [0.29, 0.717) is 6.10 Å². The van der Waals surface area contributed by atoms with Crippen molar-refractivity contribution in [1.29, 1.82) is 0 Å². The summed E-state index contributed by atoms with van der Waals surface area (Å²) in [6.45, 7) is 1.23. The van der Waals surface area contributed by atoms with Crippen LogP contribution in [0, 0.1) is 5.92 Å². The molecule has 0 aliphatic heterocycles. The molecule has 0 aromatic carbocycles. The number of ether oxygens (including phenoxy) is 1. The SMILES string of the molecule is COC1CC(NCCC2CCCCC2)C1. The molecule has 2 rings (SSSR count). The summed E-state index contributed by atoms with van der Waals surface area (Å²) in [5, 5.41) is 3.65. The number of methoxy groups -OCH3 is 1. The van der Waals surface area contributed by atoms with Crippen LogP contribution in [0.3, 0.4) is 0 Å². The van der Waals surface area contributed by atoms with Gasteiger partial charge in [-0.25, -0.2) is 0 Å². The van der Waals surface area contributed by atoms with Crippen LogP contribution in [0.4, 0.5) is 0 Å². The normalized spacial score (nSPS) is 32.6. The number of hydrogen-bond acceptors (Lipinski definition) is 2. The zero-order chi connectivity index (χ0) is 10.5. The van der Waals surface area contributed by atoms with E-state index in [-0.39, 0.29) is 0 Å². The van der Waals surface area contributed by atoms with Gasteiger partial charge in [-0.15, -0.1) is 0 Å². The molecule has 2 heteroatoms. The van der Waals surface area contributed by atoms with Crippen LogP contribution < -0.4 is 5.32 Å². The minimum absolute atomic E-state index is 0.539. The quantitative estimate of drug-likeness (QED) is 0.755. The molecule has 2 fully saturated rings. The van der Waals surface area contributed by atoms with Gasteiger partial charge in [-0.2, -0.15) is 0 Å². The molecule has 2 aliphatic rings. The highest BCUT2D eigenvalue weighted by atomic mass is 16.5. The second-order valence-corrected chi connectivity index (χ2v) is 5.27. The van der Waals surface area contributed by atoms with Crippen molar-refractivity contribution < 1.29 is 4.74 Å². The van der Waals surface area contributed by atoms with Crippen molar-refractivity contribution in [2.75, 3.05) is 13.7 Å². The van der Waals surface area contributed by atoms with Crippen LogP contribution in [0.25, 0.3) is 0 Å². The van der Waals surface area contributed by atoms with Crippen molar-refractivity contribution in [1.82, 2.24) is 5.32 Å². The van der Waals surface area contributed by atoms with Crippen LogP contribution in [0.1, 0.15) is 51.4 Å². The molecule has 0 amide bonds. The van der Waals surface area contributed by atoms with E-state index in [1.54, 1.807) is 0 Å². The zero-order valence-corrected chi connectivity index (χ0v) is 10.0. The van der Waals surface area contributed by atoms with Gasteiger partial charge >= 0.3 is 0 Å². The second kappa shape index (κ2) is 5.86. The van der Waals surface area contributed by atoms with Gasteiger partial charge in [-0.05, 0) is 31.7 Å². The Kier molecular flexibility index (Phi) is 4.45. The summed E-state index contributed by atoms with van der Waals surface area (Å²) in [4.78, 5) is 0. The van der Waals surface area contributed by atoms with Crippen molar-refractivity contribution in [3.05, 3.63) is 0 Å². The van der Waals surface area contributed by atoms with Gasteiger partial charge in [-0.3, -0.25) is 0 Å². The Morgan fingerprint density at radius 3 is 2.53 bits per heavy atom. The maximum absolute atomic E-state index is 5.27. The first-order valence-electron chi connectivity index (χ1n) is 6.64. The standard InChI is InChI=1S/C13H25NO/c1-15-13-9-12(10-13)14-8-7-11-5-3-2-4-6-11/h11-14H,2-10H2,1H3. The Balaban J connectivity index is 1.48. The summed E-state index contributed by atoms with van der Waals surface area (Å²) < 4.78 is 5.27. The average Bonchev–Trinajstić information content (AvgIpc) is 2.23. The summed E-state index contributed by atoms with van der Waals surface area (Å²) in [5.74, 6) is 1.02. The first-order chi connectivity index (χ1) is 7.38. The molecule has 0 spiro atoms. The molecule has 0 unspecified atom stereocenters. The molecule has 15 heavy (non-hydrogen) atoms. The third kappa shape index (κ3) is 3.46. The molecule has 0 aromatic rings. The van der Waals surface area contributed by atoms with Gasteiger partial charge in [0.1, 0.15) is 0 Å². The largest absolute Gasteiger partial charge is 0.381 e. The average molecular weight is 211 g/mol. The van der Waals surface area contributed by atoms with E-state index in [4.69, 9.17) is 4.74 Å². The first kappa shape index (κ1) is 11.4. The van der Waals surface area contributed by atoms with Gasteiger partial charge in [0.25, 0.3) is 0 Å². The molecular formula is C13H25NO. The Labute approximate surface area is 93.8 Å². The highest BCUT2D eigenvalue weighted by molar-refractivity contribution is 4.85. The summed E-state index contributed by atoms with van der Waals surface area (Å²) in [5.41, 5.74) is 0. The van der Waals surface area contributed by atoms with Gasteiger partial charge in [0.15, 0.2) is 0 Å². The molecule has 1 N–H and O–H groups in total. The Morgan fingerprint density at radius 1 is 1.13 bits per heavy atom. The first-order valence-corrected chi connectivity index (χ1v) is 6.64. The zero-order valence-electron chi connectivity index (χ0n) is 10.0. The van der Waals surface area contributed by atoms with Crippen LogP contribution in [-0.2, 0) is 4.74 Å². The van der Waals surface area contributed by atoms with Gasteiger partial charge in [0.2, 0.25) is 0 Å². The van der Waals surface area contributed by atoms with Crippen LogP contribution in [0.2, 0.25) is 0 Å². The Bertz CT molecular complexity index is 171. The van der Waals surface area contributed by atoms with Crippen molar-refractivity contribution >= 4 is 0 Å². The van der Waals surface area contributed by atoms with Crippen molar-refractivity contribution in [2.24, 2.45) is 5.92 Å². The third-order valence-electron chi connectivity index (χ3n) is 4.14.